The Morgan fingerprint density at radius 3 is 2.65 bits per heavy atom. The summed E-state index contributed by atoms with van der Waals surface area (Å²) in [4.78, 5) is 11.7. The Morgan fingerprint density at radius 2 is 1.91 bits per heavy atom. The standard InChI is InChI=1S/C18H20INO3/c1-22-17-6-2-4-14(12-17)5-3-11-20-18(21)13-23-16-9-7-15(19)8-10-16/h2,4,6-10,12H,3,5,11,13H2,1H3,(H,20,21). The molecular weight excluding hydrogens is 405 g/mol. The van der Waals surface area contributed by atoms with Crippen LogP contribution in [0.4, 0.5) is 0 Å². The van der Waals surface area contributed by atoms with E-state index < -0.39 is 0 Å². The molecule has 0 aliphatic carbocycles. The van der Waals surface area contributed by atoms with E-state index in [0.717, 1.165) is 22.2 Å². The highest BCUT2D eigenvalue weighted by atomic mass is 127. The van der Waals surface area contributed by atoms with Gasteiger partial charge >= 0.3 is 0 Å². The Bertz CT molecular complexity index is 628. The fourth-order valence-corrected chi connectivity index (χ4v) is 2.44. The van der Waals surface area contributed by atoms with Crippen LogP contribution in [-0.2, 0) is 11.2 Å². The molecule has 0 saturated heterocycles. The topological polar surface area (TPSA) is 47.6 Å². The van der Waals surface area contributed by atoms with E-state index in [2.05, 4.69) is 34.0 Å². The fourth-order valence-electron chi connectivity index (χ4n) is 2.08. The fraction of sp³-hybridized carbons (Fsp3) is 0.278. The molecule has 2 aromatic carbocycles. The van der Waals surface area contributed by atoms with Gasteiger partial charge in [-0.15, -0.1) is 0 Å². The molecule has 0 atom stereocenters. The van der Waals surface area contributed by atoms with E-state index in [1.54, 1.807) is 7.11 Å². The van der Waals surface area contributed by atoms with E-state index >= 15 is 0 Å². The molecule has 2 aromatic rings. The Hall–Kier alpha value is -1.76. The monoisotopic (exact) mass is 425 g/mol. The second-order valence-corrected chi connectivity index (χ2v) is 6.29. The predicted octanol–water partition coefficient (Wildman–Crippen LogP) is 3.43. The van der Waals surface area contributed by atoms with Crippen molar-refractivity contribution in [2.75, 3.05) is 20.3 Å². The van der Waals surface area contributed by atoms with Gasteiger partial charge in [-0.1, -0.05) is 12.1 Å². The third-order valence-electron chi connectivity index (χ3n) is 3.28. The summed E-state index contributed by atoms with van der Waals surface area (Å²) in [6, 6.07) is 15.6. The molecule has 0 aliphatic heterocycles. The van der Waals surface area contributed by atoms with Gasteiger partial charge in [-0.05, 0) is 77.4 Å². The van der Waals surface area contributed by atoms with Crippen LogP contribution >= 0.6 is 22.6 Å². The van der Waals surface area contributed by atoms with Gasteiger partial charge in [0.25, 0.3) is 5.91 Å². The van der Waals surface area contributed by atoms with Crippen molar-refractivity contribution < 1.29 is 14.3 Å². The number of nitrogens with one attached hydrogen (secondary N) is 1. The Kier molecular flexibility index (Phi) is 7.19. The molecule has 0 fully saturated rings. The number of rotatable bonds is 8. The summed E-state index contributed by atoms with van der Waals surface area (Å²) >= 11 is 2.23. The number of benzene rings is 2. The van der Waals surface area contributed by atoms with Gasteiger partial charge in [0.15, 0.2) is 6.61 Å². The minimum absolute atomic E-state index is 0.0414. The third kappa shape index (κ3) is 6.48. The Morgan fingerprint density at radius 1 is 1.13 bits per heavy atom. The lowest BCUT2D eigenvalue weighted by Gasteiger charge is -2.08. The number of methoxy groups -OCH3 is 1. The maximum atomic E-state index is 11.7. The highest BCUT2D eigenvalue weighted by Crippen LogP contribution is 2.14. The highest BCUT2D eigenvalue weighted by Gasteiger charge is 2.03. The maximum absolute atomic E-state index is 11.7. The summed E-state index contributed by atoms with van der Waals surface area (Å²) in [5, 5.41) is 2.87. The SMILES string of the molecule is COc1cccc(CCCNC(=O)COc2ccc(I)cc2)c1. The lowest BCUT2D eigenvalue weighted by Crippen LogP contribution is -2.29. The average molecular weight is 425 g/mol. The minimum atomic E-state index is -0.103. The van der Waals surface area contributed by atoms with Crippen molar-refractivity contribution in [3.63, 3.8) is 0 Å². The molecule has 1 N–H and O–H groups in total. The molecule has 0 unspecified atom stereocenters. The second kappa shape index (κ2) is 9.39. The zero-order chi connectivity index (χ0) is 16.5. The van der Waals surface area contributed by atoms with E-state index in [4.69, 9.17) is 9.47 Å². The lowest BCUT2D eigenvalue weighted by molar-refractivity contribution is -0.123. The van der Waals surface area contributed by atoms with Crippen molar-refractivity contribution in [2.45, 2.75) is 12.8 Å². The number of halogens is 1. The molecule has 0 heterocycles. The summed E-state index contributed by atoms with van der Waals surface area (Å²) < 4.78 is 11.8. The van der Waals surface area contributed by atoms with Crippen LogP contribution in [0.3, 0.4) is 0 Å². The molecule has 5 heteroatoms. The summed E-state index contributed by atoms with van der Waals surface area (Å²) in [7, 11) is 1.66. The smallest absolute Gasteiger partial charge is 0.257 e. The third-order valence-corrected chi connectivity index (χ3v) is 4.00. The Balaban J connectivity index is 1.63. The van der Waals surface area contributed by atoms with E-state index in [-0.39, 0.29) is 12.5 Å². The van der Waals surface area contributed by atoms with Crippen LogP contribution in [0.25, 0.3) is 0 Å². The summed E-state index contributed by atoms with van der Waals surface area (Å²) in [6.45, 7) is 0.672. The van der Waals surface area contributed by atoms with Gasteiger partial charge in [0.05, 0.1) is 7.11 Å². The van der Waals surface area contributed by atoms with E-state index in [1.807, 2.05) is 42.5 Å². The maximum Gasteiger partial charge on any atom is 0.257 e. The molecule has 0 aliphatic rings. The molecule has 122 valence electrons. The molecule has 0 saturated carbocycles. The molecule has 23 heavy (non-hydrogen) atoms. The number of amides is 1. The van der Waals surface area contributed by atoms with Gasteiger partial charge in [-0.25, -0.2) is 0 Å². The number of hydrogen-bond acceptors (Lipinski definition) is 3. The van der Waals surface area contributed by atoms with E-state index in [9.17, 15) is 4.79 Å². The van der Waals surface area contributed by atoms with Crippen molar-refractivity contribution in [3.8, 4) is 11.5 Å². The van der Waals surface area contributed by atoms with Crippen molar-refractivity contribution in [1.29, 1.82) is 0 Å². The number of aryl methyl sites for hydroxylation is 1. The molecule has 2 rings (SSSR count). The van der Waals surface area contributed by atoms with Gasteiger partial charge < -0.3 is 14.8 Å². The van der Waals surface area contributed by atoms with Crippen LogP contribution in [0.1, 0.15) is 12.0 Å². The molecule has 0 aromatic heterocycles. The normalized spacial score (nSPS) is 10.2. The van der Waals surface area contributed by atoms with Crippen LogP contribution < -0.4 is 14.8 Å². The first-order chi connectivity index (χ1) is 11.2. The van der Waals surface area contributed by atoms with Gasteiger partial charge in [0, 0.05) is 10.1 Å². The average Bonchev–Trinajstić information content (AvgIpc) is 2.58. The quantitative estimate of drug-likeness (QED) is 0.521. The first kappa shape index (κ1) is 17.6. The predicted molar refractivity (Wildman–Crippen MR) is 99.0 cm³/mol. The first-order valence-electron chi connectivity index (χ1n) is 7.45. The largest absolute Gasteiger partial charge is 0.497 e. The van der Waals surface area contributed by atoms with Gasteiger partial charge in [0.2, 0.25) is 0 Å². The highest BCUT2D eigenvalue weighted by molar-refractivity contribution is 14.1. The minimum Gasteiger partial charge on any atom is -0.497 e. The van der Waals surface area contributed by atoms with Crippen molar-refractivity contribution >= 4 is 28.5 Å². The van der Waals surface area contributed by atoms with Gasteiger partial charge in [0.1, 0.15) is 11.5 Å². The van der Waals surface area contributed by atoms with Crippen molar-refractivity contribution in [3.05, 3.63) is 57.7 Å². The summed E-state index contributed by atoms with van der Waals surface area (Å²) in [5.74, 6) is 1.46. The van der Waals surface area contributed by atoms with Crippen LogP contribution in [0.15, 0.2) is 48.5 Å². The van der Waals surface area contributed by atoms with Gasteiger partial charge in [-0.3, -0.25) is 4.79 Å². The van der Waals surface area contributed by atoms with Crippen molar-refractivity contribution in [2.24, 2.45) is 0 Å². The lowest BCUT2D eigenvalue weighted by atomic mass is 10.1. The van der Waals surface area contributed by atoms with Gasteiger partial charge in [-0.2, -0.15) is 0 Å². The zero-order valence-corrected chi connectivity index (χ0v) is 15.2. The molecule has 4 nitrogen and oxygen atoms in total. The number of carbonyl (C=O) groups excluding carboxylic acids is 1. The molecule has 0 bridgehead atoms. The van der Waals surface area contributed by atoms with E-state index in [1.165, 1.54) is 5.56 Å². The summed E-state index contributed by atoms with van der Waals surface area (Å²) in [5.41, 5.74) is 1.20. The van der Waals surface area contributed by atoms with Crippen LogP contribution in [0.2, 0.25) is 0 Å². The molecule has 0 spiro atoms. The number of hydrogen-bond donors (Lipinski definition) is 1. The Labute approximate surface area is 150 Å². The van der Waals surface area contributed by atoms with Crippen LogP contribution in [0, 0.1) is 3.57 Å². The number of ether oxygens (including phenoxy) is 2. The van der Waals surface area contributed by atoms with E-state index in [0.29, 0.717) is 12.3 Å². The van der Waals surface area contributed by atoms with Crippen LogP contribution in [-0.4, -0.2) is 26.2 Å². The van der Waals surface area contributed by atoms with Crippen molar-refractivity contribution in [1.82, 2.24) is 5.32 Å². The first-order valence-corrected chi connectivity index (χ1v) is 8.53. The molecule has 0 radical (unpaired) electrons. The zero-order valence-electron chi connectivity index (χ0n) is 13.0. The number of carbonyl (C=O) groups is 1. The molecular formula is C18H20INO3. The second-order valence-electron chi connectivity index (χ2n) is 5.05. The summed E-state index contributed by atoms with van der Waals surface area (Å²) in [6.07, 6.45) is 1.78. The van der Waals surface area contributed by atoms with Crippen LogP contribution in [0.5, 0.6) is 11.5 Å². The molecule has 1 amide bonds.